The van der Waals surface area contributed by atoms with E-state index in [0.29, 0.717) is 43.0 Å². The molecule has 2 aromatic carbocycles. The highest BCUT2D eigenvalue weighted by molar-refractivity contribution is 5.94. The first-order chi connectivity index (χ1) is 16.5. The van der Waals surface area contributed by atoms with Crippen LogP contribution in [0.5, 0.6) is 11.5 Å². The Morgan fingerprint density at radius 1 is 0.941 bits per heavy atom. The molecular formula is C26H32N2O6. The van der Waals surface area contributed by atoms with Gasteiger partial charge in [0.2, 0.25) is 0 Å². The third-order valence-corrected chi connectivity index (χ3v) is 5.59. The van der Waals surface area contributed by atoms with Crippen LogP contribution in [0.3, 0.4) is 0 Å². The molecular weight excluding hydrogens is 436 g/mol. The van der Waals surface area contributed by atoms with Crippen molar-refractivity contribution in [2.75, 3.05) is 26.3 Å². The zero-order valence-electron chi connectivity index (χ0n) is 19.7. The smallest absolute Gasteiger partial charge is 0.484 e. The van der Waals surface area contributed by atoms with Crippen molar-refractivity contribution in [3.8, 4) is 11.5 Å². The van der Waals surface area contributed by atoms with Gasteiger partial charge in [0.15, 0.2) is 6.61 Å². The second-order valence-corrected chi connectivity index (χ2v) is 8.12. The summed E-state index contributed by atoms with van der Waals surface area (Å²) in [6.07, 6.45) is 2.68. The van der Waals surface area contributed by atoms with Crippen LogP contribution in [0.25, 0.3) is 0 Å². The average Bonchev–Trinajstić information content (AvgIpc) is 2.84. The van der Waals surface area contributed by atoms with Crippen molar-refractivity contribution < 1.29 is 28.6 Å². The number of ether oxygens (including phenoxy) is 3. The normalized spacial score (nSPS) is 13.8. The van der Waals surface area contributed by atoms with E-state index in [2.05, 4.69) is 12.2 Å². The van der Waals surface area contributed by atoms with Crippen molar-refractivity contribution in [2.45, 2.75) is 45.6 Å². The van der Waals surface area contributed by atoms with Gasteiger partial charge in [0, 0.05) is 24.7 Å². The molecule has 0 aliphatic carbocycles. The number of piperidine rings is 1. The first-order valence-electron chi connectivity index (χ1n) is 11.7. The van der Waals surface area contributed by atoms with Crippen LogP contribution in [0.1, 0.15) is 49.0 Å². The summed E-state index contributed by atoms with van der Waals surface area (Å²) < 4.78 is 15.4. The van der Waals surface area contributed by atoms with Gasteiger partial charge in [0.1, 0.15) is 11.5 Å². The maximum Gasteiger partial charge on any atom is 0.513 e. The van der Waals surface area contributed by atoms with Gasteiger partial charge < -0.3 is 24.4 Å². The lowest BCUT2D eigenvalue weighted by molar-refractivity contribution is -0.134. The zero-order chi connectivity index (χ0) is 24.3. The molecule has 2 amide bonds. The van der Waals surface area contributed by atoms with Crippen LogP contribution in [0, 0.1) is 0 Å². The molecule has 8 heteroatoms. The minimum absolute atomic E-state index is 0.00433. The fraction of sp³-hybridized carbons (Fsp3) is 0.423. The predicted molar refractivity (Wildman–Crippen MR) is 127 cm³/mol. The van der Waals surface area contributed by atoms with Gasteiger partial charge in [-0.3, -0.25) is 9.59 Å². The van der Waals surface area contributed by atoms with E-state index in [9.17, 15) is 14.4 Å². The Bertz CT molecular complexity index is 950. The standard InChI is InChI=1S/C26H32N2O6/c1-3-5-19-6-10-22(11-7-19)33-18-24(29)28-16-14-21(15-17-28)27-25(30)20-8-12-23(13-9-20)34-26(31)32-4-2/h6-13,21H,3-5,14-18H2,1-2H3,(H,27,30). The van der Waals surface area contributed by atoms with E-state index in [4.69, 9.17) is 14.2 Å². The molecule has 3 rings (SSSR count). The van der Waals surface area contributed by atoms with Crippen LogP contribution in [0.4, 0.5) is 4.79 Å². The summed E-state index contributed by atoms with van der Waals surface area (Å²) in [7, 11) is 0. The largest absolute Gasteiger partial charge is 0.513 e. The molecule has 0 aromatic heterocycles. The Labute approximate surface area is 200 Å². The number of nitrogens with one attached hydrogen (secondary N) is 1. The Hall–Kier alpha value is -3.55. The average molecular weight is 469 g/mol. The van der Waals surface area contributed by atoms with E-state index in [1.807, 2.05) is 24.3 Å². The molecule has 0 atom stereocenters. The number of carbonyl (C=O) groups excluding carboxylic acids is 3. The van der Waals surface area contributed by atoms with E-state index >= 15 is 0 Å². The first kappa shape index (κ1) is 25.1. The summed E-state index contributed by atoms with van der Waals surface area (Å²) in [5.41, 5.74) is 1.72. The molecule has 1 N–H and O–H groups in total. The first-order valence-corrected chi connectivity index (χ1v) is 11.7. The zero-order valence-corrected chi connectivity index (χ0v) is 19.7. The topological polar surface area (TPSA) is 94.2 Å². The van der Waals surface area contributed by atoms with Gasteiger partial charge in [0.25, 0.3) is 11.8 Å². The summed E-state index contributed by atoms with van der Waals surface area (Å²) >= 11 is 0. The second-order valence-electron chi connectivity index (χ2n) is 8.12. The molecule has 1 saturated heterocycles. The van der Waals surface area contributed by atoms with E-state index < -0.39 is 6.16 Å². The van der Waals surface area contributed by atoms with Crippen LogP contribution < -0.4 is 14.8 Å². The summed E-state index contributed by atoms with van der Waals surface area (Å²) in [5, 5.41) is 3.01. The Kier molecular flexibility index (Phi) is 9.31. The number of likely N-dealkylation sites (tertiary alicyclic amines) is 1. The van der Waals surface area contributed by atoms with Gasteiger partial charge in [-0.2, -0.15) is 0 Å². The summed E-state index contributed by atoms with van der Waals surface area (Å²) in [5.74, 6) is 0.733. The maximum absolute atomic E-state index is 12.5. The maximum atomic E-state index is 12.5. The highest BCUT2D eigenvalue weighted by Gasteiger charge is 2.24. The van der Waals surface area contributed by atoms with Gasteiger partial charge in [-0.1, -0.05) is 25.5 Å². The molecule has 182 valence electrons. The highest BCUT2D eigenvalue weighted by atomic mass is 16.7. The van der Waals surface area contributed by atoms with Crippen molar-refractivity contribution in [3.05, 3.63) is 59.7 Å². The molecule has 1 heterocycles. The SMILES string of the molecule is CCCc1ccc(OCC(=O)N2CCC(NC(=O)c3ccc(OC(=O)OCC)cc3)CC2)cc1. The molecule has 0 bridgehead atoms. The van der Waals surface area contributed by atoms with Crippen molar-refractivity contribution in [3.63, 3.8) is 0 Å². The van der Waals surface area contributed by atoms with E-state index in [0.717, 1.165) is 12.8 Å². The molecule has 8 nitrogen and oxygen atoms in total. The lowest BCUT2D eigenvalue weighted by Gasteiger charge is -2.32. The molecule has 0 unspecified atom stereocenters. The summed E-state index contributed by atoms with van der Waals surface area (Å²) in [4.78, 5) is 38.2. The van der Waals surface area contributed by atoms with Crippen molar-refractivity contribution >= 4 is 18.0 Å². The number of rotatable bonds is 9. The number of aryl methyl sites for hydroxylation is 1. The molecule has 0 radical (unpaired) electrons. The van der Waals surface area contributed by atoms with Crippen LogP contribution in [0.2, 0.25) is 0 Å². The Morgan fingerprint density at radius 3 is 2.21 bits per heavy atom. The Balaban J connectivity index is 1.39. The lowest BCUT2D eigenvalue weighted by Crippen LogP contribution is -2.47. The predicted octanol–water partition coefficient (Wildman–Crippen LogP) is 3.97. The minimum Gasteiger partial charge on any atom is -0.484 e. The second kappa shape index (κ2) is 12.6. The van der Waals surface area contributed by atoms with Crippen molar-refractivity contribution in [1.82, 2.24) is 10.2 Å². The van der Waals surface area contributed by atoms with Gasteiger partial charge in [-0.05, 0) is 68.1 Å². The fourth-order valence-electron chi connectivity index (χ4n) is 3.74. The van der Waals surface area contributed by atoms with Crippen molar-refractivity contribution in [2.24, 2.45) is 0 Å². The summed E-state index contributed by atoms with van der Waals surface area (Å²) in [6, 6.07) is 14.1. The van der Waals surface area contributed by atoms with E-state index in [1.165, 1.54) is 5.56 Å². The van der Waals surface area contributed by atoms with Crippen LogP contribution in [-0.2, 0) is 16.0 Å². The fourth-order valence-corrected chi connectivity index (χ4v) is 3.74. The molecule has 1 aliphatic rings. The molecule has 0 spiro atoms. The highest BCUT2D eigenvalue weighted by Crippen LogP contribution is 2.16. The van der Waals surface area contributed by atoms with E-state index in [-0.39, 0.29) is 31.1 Å². The van der Waals surface area contributed by atoms with Crippen LogP contribution in [0.15, 0.2) is 48.5 Å². The number of nitrogens with zero attached hydrogens (tertiary/aromatic N) is 1. The lowest BCUT2D eigenvalue weighted by atomic mass is 10.0. The van der Waals surface area contributed by atoms with Crippen LogP contribution in [-0.4, -0.2) is 55.2 Å². The quantitative estimate of drug-likeness (QED) is 0.442. The Morgan fingerprint density at radius 2 is 1.59 bits per heavy atom. The number of hydrogen-bond donors (Lipinski definition) is 1. The third kappa shape index (κ3) is 7.50. The van der Waals surface area contributed by atoms with E-state index in [1.54, 1.807) is 36.1 Å². The third-order valence-electron chi connectivity index (χ3n) is 5.59. The van der Waals surface area contributed by atoms with Crippen molar-refractivity contribution in [1.29, 1.82) is 0 Å². The molecule has 1 aliphatic heterocycles. The minimum atomic E-state index is -0.781. The number of benzene rings is 2. The molecule has 34 heavy (non-hydrogen) atoms. The monoisotopic (exact) mass is 468 g/mol. The summed E-state index contributed by atoms with van der Waals surface area (Å²) in [6.45, 7) is 5.19. The molecule has 0 saturated carbocycles. The molecule has 2 aromatic rings. The van der Waals surface area contributed by atoms with Gasteiger partial charge in [0.05, 0.1) is 6.61 Å². The number of amides is 2. The van der Waals surface area contributed by atoms with Gasteiger partial charge >= 0.3 is 6.16 Å². The number of hydrogen-bond acceptors (Lipinski definition) is 6. The number of carbonyl (C=O) groups is 3. The molecule has 1 fully saturated rings. The van der Waals surface area contributed by atoms with Gasteiger partial charge in [-0.25, -0.2) is 4.79 Å². The van der Waals surface area contributed by atoms with Crippen LogP contribution >= 0.6 is 0 Å². The van der Waals surface area contributed by atoms with Gasteiger partial charge in [-0.15, -0.1) is 0 Å².